The van der Waals surface area contributed by atoms with Crippen LogP contribution in [0.4, 0.5) is 5.69 Å². The molecule has 0 saturated heterocycles. The lowest BCUT2D eigenvalue weighted by atomic mass is 9.80. The number of carbonyl (C=O) groups is 1. The van der Waals surface area contributed by atoms with Crippen LogP contribution >= 0.6 is 0 Å². The van der Waals surface area contributed by atoms with Crippen LogP contribution in [0.25, 0.3) is 0 Å². The molecule has 4 heteroatoms. The first kappa shape index (κ1) is 11.9. The second kappa shape index (κ2) is 4.75. The lowest BCUT2D eigenvalue weighted by Gasteiger charge is -2.40. The molecular formula is C13H18N2O2. The van der Waals surface area contributed by atoms with Crippen LogP contribution in [0.1, 0.15) is 29.6 Å². The highest BCUT2D eigenvalue weighted by Crippen LogP contribution is 2.34. The SMILES string of the molecule is COC1(CNC(=O)c2ccccc2N)CCC1. The van der Waals surface area contributed by atoms with Gasteiger partial charge >= 0.3 is 0 Å². The molecule has 0 spiro atoms. The van der Waals surface area contributed by atoms with E-state index in [1.165, 1.54) is 0 Å². The Labute approximate surface area is 101 Å². The third kappa shape index (κ3) is 2.42. The molecule has 0 bridgehead atoms. The molecule has 0 aromatic heterocycles. The van der Waals surface area contributed by atoms with E-state index in [0.717, 1.165) is 19.3 Å². The fourth-order valence-corrected chi connectivity index (χ4v) is 2.06. The number of benzene rings is 1. The van der Waals surface area contributed by atoms with Gasteiger partial charge in [0.15, 0.2) is 0 Å². The van der Waals surface area contributed by atoms with E-state index in [-0.39, 0.29) is 11.5 Å². The fourth-order valence-electron chi connectivity index (χ4n) is 2.06. The summed E-state index contributed by atoms with van der Waals surface area (Å²) < 4.78 is 5.44. The van der Waals surface area contributed by atoms with Crippen molar-refractivity contribution in [2.45, 2.75) is 24.9 Å². The van der Waals surface area contributed by atoms with Gasteiger partial charge in [-0.25, -0.2) is 0 Å². The Morgan fingerprint density at radius 2 is 2.18 bits per heavy atom. The molecule has 0 aliphatic heterocycles. The maximum Gasteiger partial charge on any atom is 0.253 e. The molecule has 1 aliphatic rings. The van der Waals surface area contributed by atoms with Crippen LogP contribution < -0.4 is 11.1 Å². The lowest BCUT2D eigenvalue weighted by Crippen LogP contribution is -2.49. The molecule has 1 fully saturated rings. The maximum absolute atomic E-state index is 11.9. The Bertz CT molecular complexity index is 408. The molecule has 3 N–H and O–H groups in total. The summed E-state index contributed by atoms with van der Waals surface area (Å²) >= 11 is 0. The van der Waals surface area contributed by atoms with Gasteiger partial charge in [0.1, 0.15) is 0 Å². The number of rotatable bonds is 4. The zero-order valence-electron chi connectivity index (χ0n) is 10.0. The molecule has 1 aliphatic carbocycles. The Balaban J connectivity index is 1.96. The van der Waals surface area contributed by atoms with Crippen LogP contribution in [0.3, 0.4) is 0 Å². The first-order valence-electron chi connectivity index (χ1n) is 5.85. The van der Waals surface area contributed by atoms with Crippen molar-refractivity contribution < 1.29 is 9.53 Å². The minimum absolute atomic E-state index is 0.133. The van der Waals surface area contributed by atoms with Gasteiger partial charge < -0.3 is 15.8 Å². The quantitative estimate of drug-likeness (QED) is 0.777. The first-order chi connectivity index (χ1) is 8.17. The molecule has 17 heavy (non-hydrogen) atoms. The predicted octanol–water partition coefficient (Wildman–Crippen LogP) is 1.57. The average molecular weight is 234 g/mol. The summed E-state index contributed by atoms with van der Waals surface area (Å²) in [6, 6.07) is 7.07. The topological polar surface area (TPSA) is 64.3 Å². The second-order valence-electron chi connectivity index (χ2n) is 4.51. The van der Waals surface area contributed by atoms with Crippen LogP contribution in [0.5, 0.6) is 0 Å². The number of para-hydroxylation sites is 1. The van der Waals surface area contributed by atoms with Gasteiger partial charge in [0.2, 0.25) is 0 Å². The second-order valence-corrected chi connectivity index (χ2v) is 4.51. The van der Waals surface area contributed by atoms with Crippen molar-refractivity contribution in [3.8, 4) is 0 Å². The highest BCUT2D eigenvalue weighted by molar-refractivity contribution is 5.99. The van der Waals surface area contributed by atoms with Gasteiger partial charge in [-0.2, -0.15) is 0 Å². The smallest absolute Gasteiger partial charge is 0.253 e. The largest absolute Gasteiger partial charge is 0.398 e. The number of hydrogen-bond acceptors (Lipinski definition) is 3. The maximum atomic E-state index is 11.9. The third-order valence-electron chi connectivity index (χ3n) is 3.47. The number of nitrogens with one attached hydrogen (secondary N) is 1. The van der Waals surface area contributed by atoms with Crippen molar-refractivity contribution in [2.75, 3.05) is 19.4 Å². The van der Waals surface area contributed by atoms with E-state index in [2.05, 4.69) is 5.32 Å². The van der Waals surface area contributed by atoms with Crippen LogP contribution in [0, 0.1) is 0 Å². The molecule has 92 valence electrons. The standard InChI is InChI=1S/C13H18N2O2/c1-17-13(7-4-8-13)9-15-12(16)10-5-2-3-6-11(10)14/h2-3,5-6H,4,7-9,14H2,1H3,(H,15,16). The molecule has 2 rings (SSSR count). The number of amides is 1. The molecule has 4 nitrogen and oxygen atoms in total. The van der Waals surface area contributed by atoms with Crippen molar-refractivity contribution >= 4 is 11.6 Å². The summed E-state index contributed by atoms with van der Waals surface area (Å²) in [5, 5.41) is 2.89. The van der Waals surface area contributed by atoms with Gasteiger partial charge in [-0.1, -0.05) is 12.1 Å². The van der Waals surface area contributed by atoms with Crippen molar-refractivity contribution in [3.05, 3.63) is 29.8 Å². The van der Waals surface area contributed by atoms with Gasteiger partial charge in [0.25, 0.3) is 5.91 Å². The van der Waals surface area contributed by atoms with Crippen molar-refractivity contribution in [1.29, 1.82) is 0 Å². The number of anilines is 1. The van der Waals surface area contributed by atoms with Crippen molar-refractivity contribution in [2.24, 2.45) is 0 Å². The number of carbonyl (C=O) groups excluding carboxylic acids is 1. The van der Waals surface area contributed by atoms with Crippen molar-refractivity contribution in [1.82, 2.24) is 5.32 Å². The molecule has 0 unspecified atom stereocenters. The Kier molecular flexibility index (Phi) is 3.33. The zero-order chi connectivity index (χ0) is 12.3. The van der Waals surface area contributed by atoms with Crippen molar-refractivity contribution in [3.63, 3.8) is 0 Å². The minimum atomic E-state index is -0.154. The predicted molar refractivity (Wildman–Crippen MR) is 66.8 cm³/mol. The Morgan fingerprint density at radius 1 is 1.47 bits per heavy atom. The lowest BCUT2D eigenvalue weighted by molar-refractivity contribution is -0.0679. The summed E-state index contributed by atoms with van der Waals surface area (Å²) in [4.78, 5) is 11.9. The highest BCUT2D eigenvalue weighted by atomic mass is 16.5. The number of ether oxygens (including phenoxy) is 1. The molecule has 1 amide bonds. The number of methoxy groups -OCH3 is 1. The van der Waals surface area contributed by atoms with E-state index < -0.39 is 0 Å². The van der Waals surface area contributed by atoms with Crippen LogP contribution in [0.15, 0.2) is 24.3 Å². The summed E-state index contributed by atoms with van der Waals surface area (Å²) in [6.45, 7) is 0.552. The molecule has 0 heterocycles. The van der Waals surface area contributed by atoms with Gasteiger partial charge in [0, 0.05) is 19.3 Å². The highest BCUT2D eigenvalue weighted by Gasteiger charge is 2.37. The van der Waals surface area contributed by atoms with E-state index in [9.17, 15) is 4.79 Å². The Hall–Kier alpha value is -1.55. The van der Waals surface area contributed by atoms with Crippen LogP contribution in [-0.2, 0) is 4.74 Å². The molecule has 1 aromatic rings. The van der Waals surface area contributed by atoms with Gasteiger partial charge in [-0.05, 0) is 31.4 Å². The van der Waals surface area contributed by atoms with Gasteiger partial charge in [-0.3, -0.25) is 4.79 Å². The van der Waals surface area contributed by atoms with Crippen LogP contribution in [0.2, 0.25) is 0 Å². The zero-order valence-corrected chi connectivity index (χ0v) is 10.0. The number of nitrogen functional groups attached to an aromatic ring is 1. The number of hydrogen-bond donors (Lipinski definition) is 2. The van der Waals surface area contributed by atoms with E-state index >= 15 is 0 Å². The molecule has 0 atom stereocenters. The van der Waals surface area contributed by atoms with Gasteiger partial charge in [-0.15, -0.1) is 0 Å². The molecule has 0 radical (unpaired) electrons. The Morgan fingerprint density at radius 3 is 2.71 bits per heavy atom. The van der Waals surface area contributed by atoms with Crippen LogP contribution in [-0.4, -0.2) is 25.2 Å². The van der Waals surface area contributed by atoms with E-state index in [1.807, 2.05) is 6.07 Å². The first-order valence-corrected chi connectivity index (χ1v) is 5.85. The normalized spacial score (nSPS) is 17.2. The van der Waals surface area contributed by atoms with E-state index in [0.29, 0.717) is 17.8 Å². The van der Waals surface area contributed by atoms with E-state index in [1.54, 1.807) is 25.3 Å². The molecule has 1 aromatic carbocycles. The molecular weight excluding hydrogens is 216 g/mol. The summed E-state index contributed by atoms with van der Waals surface area (Å²) in [5.74, 6) is -0.133. The summed E-state index contributed by atoms with van der Waals surface area (Å²) in [5.41, 5.74) is 6.62. The van der Waals surface area contributed by atoms with E-state index in [4.69, 9.17) is 10.5 Å². The fraction of sp³-hybridized carbons (Fsp3) is 0.462. The monoisotopic (exact) mass is 234 g/mol. The number of nitrogens with two attached hydrogens (primary N) is 1. The minimum Gasteiger partial charge on any atom is -0.398 e. The van der Waals surface area contributed by atoms with Gasteiger partial charge in [0.05, 0.1) is 11.2 Å². The summed E-state index contributed by atoms with van der Waals surface area (Å²) in [7, 11) is 1.70. The summed E-state index contributed by atoms with van der Waals surface area (Å²) in [6.07, 6.45) is 3.18. The third-order valence-corrected chi connectivity index (χ3v) is 3.47. The molecule has 1 saturated carbocycles. The average Bonchev–Trinajstić information content (AvgIpc) is 2.28.